The molecule has 0 aliphatic carbocycles. The number of nitrogens with one attached hydrogen (secondary N) is 2. The van der Waals surface area contributed by atoms with Gasteiger partial charge in [-0.15, -0.1) is 0 Å². The highest BCUT2D eigenvalue weighted by molar-refractivity contribution is 6.33. The molecule has 7 heteroatoms. The third-order valence-corrected chi connectivity index (χ3v) is 3.69. The number of H-pyrrole nitrogens is 1. The molecule has 0 saturated carbocycles. The summed E-state index contributed by atoms with van der Waals surface area (Å²) in [5, 5.41) is 9.88. The van der Waals surface area contributed by atoms with Gasteiger partial charge >= 0.3 is 0 Å². The molecule has 3 aromatic rings. The fourth-order valence-corrected chi connectivity index (χ4v) is 2.40. The molecule has 1 amide bonds. The van der Waals surface area contributed by atoms with Crippen LogP contribution in [0.1, 0.15) is 17.2 Å². The molecule has 2 N–H and O–H groups in total. The van der Waals surface area contributed by atoms with Crippen molar-refractivity contribution in [2.45, 2.75) is 12.8 Å². The lowest BCUT2D eigenvalue weighted by molar-refractivity contribution is -0.115. The highest BCUT2D eigenvalue weighted by Gasteiger charge is 2.12. The van der Waals surface area contributed by atoms with Gasteiger partial charge in [-0.05, 0) is 23.8 Å². The van der Waals surface area contributed by atoms with Gasteiger partial charge in [-0.1, -0.05) is 41.9 Å². The first kappa shape index (κ1) is 16.1. The van der Waals surface area contributed by atoms with Crippen LogP contribution < -0.4 is 5.32 Å². The molecule has 0 aliphatic heterocycles. The molecule has 5 nitrogen and oxygen atoms in total. The van der Waals surface area contributed by atoms with E-state index in [0.29, 0.717) is 27.9 Å². The zero-order valence-corrected chi connectivity index (χ0v) is 13.3. The number of anilines is 1. The molecule has 0 saturated heterocycles. The van der Waals surface area contributed by atoms with E-state index in [1.54, 1.807) is 42.5 Å². The number of aromatic amines is 1. The summed E-state index contributed by atoms with van der Waals surface area (Å²) >= 11 is 5.99. The van der Waals surface area contributed by atoms with Crippen molar-refractivity contribution >= 4 is 23.2 Å². The molecule has 1 heterocycles. The lowest BCUT2D eigenvalue weighted by Gasteiger charge is -2.05. The quantitative estimate of drug-likeness (QED) is 0.745. The summed E-state index contributed by atoms with van der Waals surface area (Å²) in [6, 6.07) is 13.4. The number of hydrogen-bond acceptors (Lipinski definition) is 3. The van der Waals surface area contributed by atoms with E-state index >= 15 is 0 Å². The topological polar surface area (TPSA) is 70.7 Å². The third kappa shape index (κ3) is 3.97. The van der Waals surface area contributed by atoms with Crippen LogP contribution in [0.3, 0.4) is 0 Å². The number of halogens is 2. The molecule has 0 spiro atoms. The van der Waals surface area contributed by atoms with Crippen LogP contribution in [0.2, 0.25) is 5.02 Å². The summed E-state index contributed by atoms with van der Waals surface area (Å²) < 4.78 is 13.6. The Morgan fingerprint density at radius 2 is 1.92 bits per heavy atom. The third-order valence-electron chi connectivity index (χ3n) is 3.36. The number of carbonyl (C=O) groups is 1. The zero-order valence-electron chi connectivity index (χ0n) is 12.6. The van der Waals surface area contributed by atoms with Crippen molar-refractivity contribution in [3.63, 3.8) is 0 Å². The maximum absolute atomic E-state index is 13.6. The van der Waals surface area contributed by atoms with Crippen LogP contribution in [-0.2, 0) is 17.6 Å². The van der Waals surface area contributed by atoms with Crippen molar-refractivity contribution in [1.29, 1.82) is 0 Å². The fourth-order valence-electron chi connectivity index (χ4n) is 2.22. The van der Waals surface area contributed by atoms with Crippen molar-refractivity contribution in [2.75, 3.05) is 5.32 Å². The van der Waals surface area contributed by atoms with Crippen LogP contribution in [0, 0.1) is 5.82 Å². The molecule has 0 fully saturated rings. The van der Waals surface area contributed by atoms with Crippen molar-refractivity contribution in [2.24, 2.45) is 0 Å². The number of rotatable bonds is 5. The van der Waals surface area contributed by atoms with E-state index in [1.165, 1.54) is 6.07 Å². The summed E-state index contributed by atoms with van der Waals surface area (Å²) in [5.74, 6) is 0.262. The number of hydrogen-bond donors (Lipinski definition) is 2. The van der Waals surface area contributed by atoms with Crippen LogP contribution >= 0.6 is 11.6 Å². The van der Waals surface area contributed by atoms with E-state index in [0.717, 1.165) is 0 Å². The van der Waals surface area contributed by atoms with Gasteiger partial charge in [0.25, 0.3) is 0 Å². The molecular weight excluding hydrogens is 331 g/mol. The maximum atomic E-state index is 13.6. The molecule has 1 aromatic heterocycles. The molecule has 0 bridgehead atoms. The van der Waals surface area contributed by atoms with Crippen molar-refractivity contribution in [1.82, 2.24) is 15.2 Å². The summed E-state index contributed by atoms with van der Waals surface area (Å²) in [5.41, 5.74) is 1.05. The van der Waals surface area contributed by atoms with E-state index in [-0.39, 0.29) is 24.6 Å². The zero-order chi connectivity index (χ0) is 16.9. The second-order valence-corrected chi connectivity index (χ2v) is 5.58. The summed E-state index contributed by atoms with van der Waals surface area (Å²) in [7, 11) is 0. The van der Waals surface area contributed by atoms with Crippen molar-refractivity contribution < 1.29 is 9.18 Å². The number of carbonyl (C=O) groups excluding carboxylic acids is 1. The Morgan fingerprint density at radius 1 is 1.17 bits per heavy atom. The lowest BCUT2D eigenvalue weighted by atomic mass is 10.1. The molecule has 0 unspecified atom stereocenters. The minimum atomic E-state index is -0.299. The Hall–Kier alpha value is -2.73. The van der Waals surface area contributed by atoms with Gasteiger partial charge in [0.05, 0.1) is 17.1 Å². The highest BCUT2D eigenvalue weighted by atomic mass is 35.5. The Morgan fingerprint density at radius 3 is 2.71 bits per heavy atom. The van der Waals surface area contributed by atoms with Gasteiger partial charge in [-0.3, -0.25) is 9.89 Å². The standard InChI is InChI=1S/C17H14ClFN4O/c18-12-6-2-4-8-14(12)20-17(24)10-16-21-15(22-23-16)9-11-5-1-3-7-13(11)19/h1-8H,9-10H2,(H,20,24)(H,21,22,23). The first-order valence-electron chi connectivity index (χ1n) is 7.30. The number of aromatic nitrogens is 3. The maximum Gasteiger partial charge on any atom is 0.232 e. The average Bonchev–Trinajstić information content (AvgIpc) is 2.99. The molecule has 0 aliphatic rings. The van der Waals surface area contributed by atoms with E-state index in [4.69, 9.17) is 11.6 Å². The first-order valence-corrected chi connectivity index (χ1v) is 7.67. The predicted molar refractivity (Wildman–Crippen MR) is 89.4 cm³/mol. The molecule has 0 radical (unpaired) electrons. The molecule has 122 valence electrons. The Labute approximate surface area is 142 Å². The van der Waals surface area contributed by atoms with Gasteiger partial charge < -0.3 is 5.32 Å². The van der Waals surface area contributed by atoms with Crippen LogP contribution in [0.15, 0.2) is 48.5 Å². The van der Waals surface area contributed by atoms with Crippen LogP contribution in [0.4, 0.5) is 10.1 Å². The monoisotopic (exact) mass is 344 g/mol. The highest BCUT2D eigenvalue weighted by Crippen LogP contribution is 2.20. The molecule has 0 atom stereocenters. The molecule has 24 heavy (non-hydrogen) atoms. The second kappa shape index (κ2) is 7.23. The minimum Gasteiger partial charge on any atom is -0.324 e. The SMILES string of the molecule is O=C(Cc1n[nH]c(Cc2ccccc2F)n1)Nc1ccccc1Cl. The fraction of sp³-hybridized carbons (Fsp3) is 0.118. The van der Waals surface area contributed by atoms with E-state index in [9.17, 15) is 9.18 Å². The largest absolute Gasteiger partial charge is 0.324 e. The summed E-state index contributed by atoms with van der Waals surface area (Å²) in [4.78, 5) is 16.3. The van der Waals surface area contributed by atoms with Gasteiger partial charge in [-0.25, -0.2) is 9.37 Å². The Balaban J connectivity index is 1.63. The van der Waals surface area contributed by atoms with Crippen LogP contribution in [-0.4, -0.2) is 21.1 Å². The van der Waals surface area contributed by atoms with E-state index in [1.807, 2.05) is 0 Å². The first-order chi connectivity index (χ1) is 11.6. The molecule has 2 aromatic carbocycles. The number of nitrogens with zero attached hydrogens (tertiary/aromatic N) is 2. The Kier molecular flexibility index (Phi) is 4.86. The van der Waals surface area contributed by atoms with Gasteiger partial charge in [-0.2, -0.15) is 5.10 Å². The number of amides is 1. The van der Waals surface area contributed by atoms with Crippen LogP contribution in [0.25, 0.3) is 0 Å². The predicted octanol–water partition coefficient (Wildman–Crippen LogP) is 3.37. The van der Waals surface area contributed by atoms with Gasteiger partial charge in [0.2, 0.25) is 5.91 Å². The van der Waals surface area contributed by atoms with Crippen molar-refractivity contribution in [3.8, 4) is 0 Å². The smallest absolute Gasteiger partial charge is 0.232 e. The van der Waals surface area contributed by atoms with E-state index < -0.39 is 0 Å². The molecular formula is C17H14ClFN4O. The Bertz CT molecular complexity index is 865. The van der Waals surface area contributed by atoms with Gasteiger partial charge in [0.1, 0.15) is 11.6 Å². The summed E-state index contributed by atoms with van der Waals surface area (Å²) in [6.45, 7) is 0. The average molecular weight is 345 g/mol. The molecule has 3 rings (SSSR count). The van der Waals surface area contributed by atoms with Crippen LogP contribution in [0.5, 0.6) is 0 Å². The number of para-hydroxylation sites is 1. The van der Waals surface area contributed by atoms with Gasteiger partial charge in [0, 0.05) is 6.42 Å². The summed E-state index contributed by atoms with van der Waals surface area (Å²) in [6.07, 6.45) is 0.283. The lowest BCUT2D eigenvalue weighted by Crippen LogP contribution is -2.15. The normalized spacial score (nSPS) is 10.6. The van der Waals surface area contributed by atoms with Gasteiger partial charge in [0.15, 0.2) is 5.82 Å². The second-order valence-electron chi connectivity index (χ2n) is 5.17. The number of benzene rings is 2. The minimum absolute atomic E-state index is 0.000997. The van der Waals surface area contributed by atoms with E-state index in [2.05, 4.69) is 20.5 Å². The van der Waals surface area contributed by atoms with Crippen molar-refractivity contribution in [3.05, 3.63) is 76.6 Å².